The van der Waals surface area contributed by atoms with E-state index in [2.05, 4.69) is 26.2 Å². The van der Waals surface area contributed by atoms with Gasteiger partial charge in [-0.3, -0.25) is 0 Å². The summed E-state index contributed by atoms with van der Waals surface area (Å²) in [7, 11) is 0. The van der Waals surface area contributed by atoms with Crippen molar-refractivity contribution in [1.29, 1.82) is 0 Å². The number of nitrogens with one attached hydrogen (secondary N) is 1. The van der Waals surface area contributed by atoms with Gasteiger partial charge in [0.05, 0.1) is 11.7 Å². The van der Waals surface area contributed by atoms with E-state index in [4.69, 9.17) is 23.2 Å². The van der Waals surface area contributed by atoms with E-state index in [9.17, 15) is 4.39 Å². The largest absolute Gasteiger partial charge is 0.376 e. The van der Waals surface area contributed by atoms with Gasteiger partial charge < -0.3 is 5.32 Å². The molecular formula is C14H12BrCl2FN2. The number of hydrogen-bond acceptors (Lipinski definition) is 2. The van der Waals surface area contributed by atoms with Crippen molar-refractivity contribution < 1.29 is 4.39 Å². The summed E-state index contributed by atoms with van der Waals surface area (Å²) in [6, 6.07) is 6.27. The Bertz CT molecular complexity index is 626. The number of aryl methyl sites for hydroxylation is 1. The molecule has 0 spiro atoms. The Morgan fingerprint density at radius 1 is 1.30 bits per heavy atom. The molecule has 20 heavy (non-hydrogen) atoms. The lowest BCUT2D eigenvalue weighted by Gasteiger charge is -2.19. The number of aromatic nitrogens is 1. The van der Waals surface area contributed by atoms with E-state index in [1.54, 1.807) is 18.2 Å². The molecule has 106 valence electrons. The molecule has 1 atom stereocenters. The highest BCUT2D eigenvalue weighted by atomic mass is 79.9. The van der Waals surface area contributed by atoms with Gasteiger partial charge in [-0.15, -0.1) is 0 Å². The highest BCUT2D eigenvalue weighted by Gasteiger charge is 2.15. The molecule has 0 fully saturated rings. The molecule has 1 unspecified atom stereocenters. The smallest absolute Gasteiger partial charge is 0.154 e. The van der Waals surface area contributed by atoms with Crippen molar-refractivity contribution in [3.63, 3.8) is 0 Å². The number of hydrogen-bond donors (Lipinski definition) is 1. The molecule has 0 amide bonds. The molecule has 1 N–H and O–H groups in total. The standard InChI is InChI=1S/C14H12BrCl2FN2/c1-7-5-12(16)20-14(17)13(7)19-8(2)10-6-9(15)3-4-11(10)18/h3-6,8,19H,1-2H3. The lowest BCUT2D eigenvalue weighted by Crippen LogP contribution is -2.10. The van der Waals surface area contributed by atoms with Crippen molar-refractivity contribution in [3.8, 4) is 0 Å². The third-order valence-electron chi connectivity index (χ3n) is 2.93. The predicted molar refractivity (Wildman–Crippen MR) is 85.1 cm³/mol. The second-order valence-corrected chi connectivity index (χ2v) is 6.12. The summed E-state index contributed by atoms with van der Waals surface area (Å²) < 4.78 is 14.7. The summed E-state index contributed by atoms with van der Waals surface area (Å²) >= 11 is 15.2. The van der Waals surface area contributed by atoms with Crippen LogP contribution in [0.1, 0.15) is 24.1 Å². The molecule has 0 saturated heterocycles. The fraction of sp³-hybridized carbons (Fsp3) is 0.214. The zero-order valence-corrected chi connectivity index (χ0v) is 13.9. The Morgan fingerprint density at radius 2 is 2.00 bits per heavy atom. The third kappa shape index (κ3) is 3.43. The Labute approximate surface area is 135 Å². The minimum Gasteiger partial charge on any atom is -0.376 e. The van der Waals surface area contributed by atoms with Gasteiger partial charge in [-0.2, -0.15) is 0 Å². The van der Waals surface area contributed by atoms with E-state index in [1.165, 1.54) is 6.07 Å². The molecule has 6 heteroatoms. The number of pyridine rings is 1. The van der Waals surface area contributed by atoms with Crippen LogP contribution in [0.2, 0.25) is 10.3 Å². The van der Waals surface area contributed by atoms with Gasteiger partial charge in [0.1, 0.15) is 11.0 Å². The Morgan fingerprint density at radius 3 is 2.65 bits per heavy atom. The molecule has 1 aromatic carbocycles. The Balaban J connectivity index is 2.32. The highest BCUT2D eigenvalue weighted by Crippen LogP contribution is 2.31. The summed E-state index contributed by atoms with van der Waals surface area (Å²) in [5, 5.41) is 3.78. The molecule has 0 radical (unpaired) electrons. The predicted octanol–water partition coefficient (Wildman–Crippen LogP) is 5.77. The number of anilines is 1. The number of rotatable bonds is 3. The monoisotopic (exact) mass is 376 g/mol. The second-order valence-electron chi connectivity index (χ2n) is 4.46. The maximum Gasteiger partial charge on any atom is 0.154 e. The molecular weight excluding hydrogens is 366 g/mol. The lowest BCUT2D eigenvalue weighted by molar-refractivity contribution is 0.600. The normalized spacial score (nSPS) is 12.3. The van der Waals surface area contributed by atoms with Crippen LogP contribution in [0.3, 0.4) is 0 Å². The molecule has 0 aliphatic heterocycles. The van der Waals surface area contributed by atoms with Crippen LogP contribution in [0.5, 0.6) is 0 Å². The fourth-order valence-corrected chi connectivity index (χ4v) is 2.87. The number of benzene rings is 1. The summed E-state index contributed by atoms with van der Waals surface area (Å²) in [5.74, 6) is -0.274. The van der Waals surface area contributed by atoms with Crippen LogP contribution < -0.4 is 5.32 Å². The molecule has 2 aromatic rings. The summed E-state index contributed by atoms with van der Waals surface area (Å²) in [6.07, 6.45) is 0. The van der Waals surface area contributed by atoms with E-state index < -0.39 is 0 Å². The van der Waals surface area contributed by atoms with Gasteiger partial charge in [0.25, 0.3) is 0 Å². The SMILES string of the molecule is Cc1cc(Cl)nc(Cl)c1NC(C)c1cc(Br)ccc1F. The van der Waals surface area contributed by atoms with Gasteiger partial charge in [0.2, 0.25) is 0 Å². The van der Waals surface area contributed by atoms with Crippen LogP contribution in [0.25, 0.3) is 0 Å². The van der Waals surface area contributed by atoms with Gasteiger partial charge >= 0.3 is 0 Å². The number of halogens is 4. The minimum atomic E-state index is -0.274. The van der Waals surface area contributed by atoms with Crippen LogP contribution in [-0.4, -0.2) is 4.98 Å². The van der Waals surface area contributed by atoms with Gasteiger partial charge in [-0.1, -0.05) is 39.1 Å². The zero-order chi connectivity index (χ0) is 14.9. The quantitative estimate of drug-likeness (QED) is 0.686. The summed E-state index contributed by atoms with van der Waals surface area (Å²) in [4.78, 5) is 3.99. The van der Waals surface area contributed by atoms with Crippen molar-refractivity contribution in [2.45, 2.75) is 19.9 Å². The first-order chi connectivity index (χ1) is 9.38. The van der Waals surface area contributed by atoms with Crippen LogP contribution in [0.4, 0.5) is 10.1 Å². The highest BCUT2D eigenvalue weighted by molar-refractivity contribution is 9.10. The Hall–Kier alpha value is -0.840. The first kappa shape index (κ1) is 15.5. The summed E-state index contributed by atoms with van der Waals surface area (Å²) in [6.45, 7) is 3.72. The summed E-state index contributed by atoms with van der Waals surface area (Å²) in [5.41, 5.74) is 2.06. The Kier molecular flexibility index (Phi) is 4.89. The van der Waals surface area contributed by atoms with Crippen molar-refractivity contribution >= 4 is 44.8 Å². The van der Waals surface area contributed by atoms with Crippen LogP contribution in [0, 0.1) is 12.7 Å². The molecule has 1 aromatic heterocycles. The van der Waals surface area contributed by atoms with Crippen LogP contribution >= 0.6 is 39.1 Å². The molecule has 0 aliphatic rings. The average Bonchev–Trinajstić information content (AvgIpc) is 2.36. The lowest BCUT2D eigenvalue weighted by atomic mass is 10.1. The maximum absolute atomic E-state index is 13.9. The average molecular weight is 378 g/mol. The molecule has 2 rings (SSSR count). The topological polar surface area (TPSA) is 24.9 Å². The van der Waals surface area contributed by atoms with Crippen molar-refractivity contribution in [2.24, 2.45) is 0 Å². The molecule has 0 bridgehead atoms. The fourth-order valence-electron chi connectivity index (χ4n) is 1.91. The van der Waals surface area contributed by atoms with Gasteiger partial charge in [0.15, 0.2) is 5.15 Å². The van der Waals surface area contributed by atoms with Crippen molar-refractivity contribution in [3.05, 3.63) is 56.0 Å². The van der Waals surface area contributed by atoms with Crippen LogP contribution in [-0.2, 0) is 0 Å². The van der Waals surface area contributed by atoms with Crippen molar-refractivity contribution in [2.75, 3.05) is 5.32 Å². The minimum absolute atomic E-state index is 0.258. The zero-order valence-electron chi connectivity index (χ0n) is 10.8. The molecule has 2 nitrogen and oxygen atoms in total. The molecule has 1 heterocycles. The first-order valence-electron chi connectivity index (χ1n) is 5.92. The van der Waals surface area contributed by atoms with E-state index in [1.807, 2.05) is 13.8 Å². The number of nitrogens with zero attached hydrogens (tertiary/aromatic N) is 1. The van der Waals surface area contributed by atoms with Crippen LogP contribution in [0.15, 0.2) is 28.7 Å². The van der Waals surface area contributed by atoms with Crippen molar-refractivity contribution in [1.82, 2.24) is 4.98 Å². The molecule has 0 saturated carbocycles. The first-order valence-corrected chi connectivity index (χ1v) is 7.47. The van der Waals surface area contributed by atoms with E-state index in [-0.39, 0.29) is 17.0 Å². The van der Waals surface area contributed by atoms with E-state index in [0.29, 0.717) is 16.4 Å². The third-order valence-corrected chi connectivity index (χ3v) is 3.89. The molecule has 0 aliphatic carbocycles. The second kappa shape index (κ2) is 6.29. The van der Waals surface area contributed by atoms with Gasteiger partial charge in [0, 0.05) is 10.0 Å². The van der Waals surface area contributed by atoms with Gasteiger partial charge in [-0.25, -0.2) is 9.37 Å². The van der Waals surface area contributed by atoms with E-state index in [0.717, 1.165) is 10.0 Å². The van der Waals surface area contributed by atoms with Gasteiger partial charge in [-0.05, 0) is 43.7 Å². The van der Waals surface area contributed by atoms with E-state index >= 15 is 0 Å². The maximum atomic E-state index is 13.9.